The van der Waals surface area contributed by atoms with Gasteiger partial charge in [-0.1, -0.05) is 75.4 Å². The Bertz CT molecular complexity index is 2720. The highest BCUT2D eigenvalue weighted by Crippen LogP contribution is 2.61. The number of nitrogen functional groups attached to an aromatic ring is 1. The van der Waals surface area contributed by atoms with Crippen LogP contribution >= 0.6 is 11.6 Å². The van der Waals surface area contributed by atoms with Crippen molar-refractivity contribution in [1.82, 2.24) is 25.1 Å². The van der Waals surface area contributed by atoms with Crippen molar-refractivity contribution in [3.05, 3.63) is 103 Å². The largest absolute Gasteiger partial charge is 0.494 e. The lowest BCUT2D eigenvalue weighted by Crippen LogP contribution is -2.62. The molecule has 0 aromatic heterocycles. The van der Waals surface area contributed by atoms with Crippen LogP contribution in [0.5, 0.6) is 0 Å². The van der Waals surface area contributed by atoms with E-state index >= 15 is 0 Å². The first-order valence-electron chi connectivity index (χ1n) is 32.2. The predicted octanol–water partition coefficient (Wildman–Crippen LogP) is 9.47. The van der Waals surface area contributed by atoms with Gasteiger partial charge in [0.15, 0.2) is 0 Å². The number of hydrogen-bond donors (Lipinski definition) is 6. The second kappa shape index (κ2) is 31.8. The van der Waals surface area contributed by atoms with Crippen LogP contribution in [0.4, 0.5) is 17.1 Å². The van der Waals surface area contributed by atoms with E-state index in [0.29, 0.717) is 29.7 Å². The number of carbonyl (C=O) groups is 1. The average Bonchev–Trinajstić information content (AvgIpc) is 1.06. The van der Waals surface area contributed by atoms with Gasteiger partial charge in [-0.25, -0.2) is 0 Å². The van der Waals surface area contributed by atoms with Crippen LogP contribution in [-0.2, 0) is 34.8 Å². The number of benzene rings is 4. The van der Waals surface area contributed by atoms with E-state index in [1.165, 1.54) is 6.42 Å². The number of aliphatic hydroxyl groups excluding tert-OH is 2. The standard InChI is InChI=1S/C35H52N4O4.C17H29BN2O2.C12H18BNO2.C5H12ClN/c1-22-29-18-27(35(29,3)4)19-30(22)37-34(42)33-32(23(2)41)31(21-40)43-39(33)20-24-9-7-10-26(17-24)25-11-13-28(14-12-25)36-15-8-16-38(5)6;1-16(2)17(3,4)22-18(21-16)14-8-10-15(11-9-14)19-12-7-13-20(5)6;1-11(2)12(3,4)16-13(15-11)9-5-7-10(14)8-6-9;1-7(2)5-3-4-6/h7,9-14,17,22-23,27,29-33,36,40-41H,8,15-16,18-21H2,1-6H3,(H,37,42);8-11,19H,7,12-13H2,1-6H3;5-8H,14H2,1-4H3;3-5H2,1-2H3/t22-,23-,27-,29+,30?,31-,32+,33-;;;/m0.../s1. The summed E-state index contributed by atoms with van der Waals surface area (Å²) < 4.78 is 24.0. The molecule has 6 aliphatic rings. The first kappa shape index (κ1) is 72.8. The van der Waals surface area contributed by atoms with Crippen molar-refractivity contribution >= 4 is 59.7 Å². The summed E-state index contributed by atoms with van der Waals surface area (Å²) >= 11 is 5.42. The molecule has 3 saturated carbocycles. The molecule has 1 amide bonds. The second-order valence-electron chi connectivity index (χ2n) is 28.5. The first-order valence-corrected chi connectivity index (χ1v) is 32.7. The molecule has 3 aliphatic carbocycles. The number of hydroxylamine groups is 2. The molecule has 10 rings (SSSR count). The van der Waals surface area contributed by atoms with E-state index in [0.717, 1.165) is 109 Å². The number of amides is 1. The van der Waals surface area contributed by atoms with Crippen LogP contribution in [-0.4, -0.2) is 184 Å². The Balaban J connectivity index is 0.000000226. The number of aliphatic hydroxyl groups is 2. The lowest BCUT2D eigenvalue weighted by molar-refractivity contribution is -0.183. The molecule has 0 radical (unpaired) electrons. The summed E-state index contributed by atoms with van der Waals surface area (Å²) in [7, 11) is 11.9. The Labute approximate surface area is 535 Å². The van der Waals surface area contributed by atoms with Crippen LogP contribution in [0.2, 0.25) is 0 Å². The number of hydrogen-bond acceptors (Lipinski definition) is 15. The molecule has 488 valence electrons. The Hall–Kier alpha value is -4.27. The third kappa shape index (κ3) is 19.4. The summed E-state index contributed by atoms with van der Waals surface area (Å²) in [5.41, 5.74) is 13.1. The summed E-state index contributed by atoms with van der Waals surface area (Å²) in [4.78, 5) is 26.6. The minimum absolute atomic E-state index is 0.114. The van der Waals surface area contributed by atoms with Crippen molar-refractivity contribution in [2.45, 2.75) is 168 Å². The zero-order valence-corrected chi connectivity index (χ0v) is 57.5. The molecule has 3 saturated heterocycles. The Kier molecular flexibility index (Phi) is 26.3. The van der Waals surface area contributed by atoms with Crippen molar-refractivity contribution < 1.29 is 38.5 Å². The normalized spacial score (nSPS) is 24.8. The first-order chi connectivity index (χ1) is 41.3. The molecular weight excluding hydrogens is 1130 g/mol. The number of nitrogens with two attached hydrogens (primary N) is 1. The van der Waals surface area contributed by atoms with Gasteiger partial charge in [0.05, 0.1) is 41.7 Å². The zero-order valence-electron chi connectivity index (χ0n) is 56.8. The summed E-state index contributed by atoms with van der Waals surface area (Å²) in [5.74, 6) is 1.76. The molecule has 2 bridgehead atoms. The fraction of sp³-hybridized carbons (Fsp3) is 0.638. The van der Waals surface area contributed by atoms with Crippen LogP contribution in [0.1, 0.15) is 121 Å². The quantitative estimate of drug-likeness (QED) is 0.0190. The molecule has 8 atom stereocenters. The molecule has 19 heteroatoms. The fourth-order valence-corrected chi connectivity index (χ4v) is 12.4. The van der Waals surface area contributed by atoms with Crippen LogP contribution in [0.25, 0.3) is 11.1 Å². The monoisotopic (exact) mass is 1240 g/mol. The molecule has 6 fully saturated rings. The smallest absolute Gasteiger partial charge is 0.399 e. The highest BCUT2D eigenvalue weighted by molar-refractivity contribution is 6.62. The van der Waals surface area contributed by atoms with Crippen LogP contribution in [0, 0.1) is 29.1 Å². The summed E-state index contributed by atoms with van der Waals surface area (Å²) in [6, 6.07) is 32.1. The minimum atomic E-state index is -0.810. The van der Waals surface area contributed by atoms with Gasteiger partial charge in [-0.2, -0.15) is 5.06 Å². The van der Waals surface area contributed by atoms with Crippen molar-refractivity contribution in [3.8, 4) is 11.1 Å². The van der Waals surface area contributed by atoms with Crippen LogP contribution < -0.4 is 32.6 Å². The van der Waals surface area contributed by atoms with Gasteiger partial charge >= 0.3 is 14.2 Å². The maximum absolute atomic E-state index is 13.9. The average molecular weight is 1240 g/mol. The molecular formula is C69H111B2ClN8O8. The van der Waals surface area contributed by atoms with Crippen LogP contribution in [0.15, 0.2) is 97.1 Å². The topological polar surface area (TPSA) is 179 Å². The summed E-state index contributed by atoms with van der Waals surface area (Å²) in [6.45, 7) is 30.4. The number of carbonyl (C=O) groups excluding carboxylic acids is 1. The Morgan fingerprint density at radius 1 is 0.682 bits per heavy atom. The minimum Gasteiger partial charge on any atom is -0.399 e. The molecule has 1 unspecified atom stereocenters. The molecule has 4 aromatic rings. The number of rotatable bonds is 22. The van der Waals surface area contributed by atoms with Gasteiger partial charge in [0.25, 0.3) is 0 Å². The number of halogens is 1. The molecule has 3 heterocycles. The molecule has 0 spiro atoms. The highest BCUT2D eigenvalue weighted by Gasteiger charge is 2.58. The molecule has 3 aliphatic heterocycles. The molecule has 4 aromatic carbocycles. The second-order valence-corrected chi connectivity index (χ2v) is 28.9. The van der Waals surface area contributed by atoms with Gasteiger partial charge in [-0.15, -0.1) is 11.6 Å². The van der Waals surface area contributed by atoms with Crippen LogP contribution in [0.3, 0.4) is 0 Å². The predicted molar refractivity (Wildman–Crippen MR) is 365 cm³/mol. The van der Waals surface area contributed by atoms with Gasteiger partial charge in [-0.3, -0.25) is 9.63 Å². The van der Waals surface area contributed by atoms with E-state index in [9.17, 15) is 15.0 Å². The van der Waals surface area contributed by atoms with Gasteiger partial charge in [0.2, 0.25) is 5.91 Å². The van der Waals surface area contributed by atoms with E-state index in [1.807, 2.05) is 78.2 Å². The molecule has 88 heavy (non-hydrogen) atoms. The van der Waals surface area contributed by atoms with Gasteiger partial charge in [0, 0.05) is 48.0 Å². The zero-order chi connectivity index (χ0) is 64.9. The third-order valence-electron chi connectivity index (χ3n) is 19.4. The number of nitrogens with one attached hydrogen (secondary N) is 3. The molecule has 7 N–H and O–H groups in total. The van der Waals surface area contributed by atoms with E-state index in [1.54, 1.807) is 12.0 Å². The Morgan fingerprint density at radius 3 is 1.57 bits per heavy atom. The number of fused-ring (bicyclic) bond motifs is 2. The maximum Gasteiger partial charge on any atom is 0.494 e. The van der Waals surface area contributed by atoms with Crippen molar-refractivity contribution in [1.29, 1.82) is 0 Å². The van der Waals surface area contributed by atoms with Crippen molar-refractivity contribution in [3.63, 3.8) is 0 Å². The molecule has 16 nitrogen and oxygen atoms in total. The van der Waals surface area contributed by atoms with E-state index < -0.39 is 24.2 Å². The SMILES string of the molecule is CC1(C)OB(c2ccc(N)cc2)OC1(C)C.CN(C)CCCCl.CN(C)CCCNc1ccc(B2OC(C)(C)C(C)(C)O2)cc1.C[C@H](O)[C@@H]1[C@H](CO)ON(Cc2cccc(-c3ccc(NCCCN(C)C)cc3)c2)[C@@H]1C(=O)NC1C[C@@H]2C[C@H]([C@@H]1C)C2(C)C. The van der Waals surface area contributed by atoms with Crippen molar-refractivity contribution in [2.24, 2.45) is 29.1 Å². The fourth-order valence-electron chi connectivity index (χ4n) is 12.3. The number of nitrogens with zero attached hydrogens (tertiary/aromatic N) is 4. The summed E-state index contributed by atoms with van der Waals surface area (Å²) in [6.07, 6.45) is 4.08. The number of alkyl halides is 1. The lowest BCUT2D eigenvalue weighted by Gasteiger charge is -2.62. The Morgan fingerprint density at radius 2 is 1.15 bits per heavy atom. The van der Waals surface area contributed by atoms with E-state index in [-0.39, 0.29) is 55.2 Å². The van der Waals surface area contributed by atoms with E-state index in [4.69, 9.17) is 40.8 Å². The summed E-state index contributed by atoms with van der Waals surface area (Å²) in [5, 5.41) is 32.8. The highest BCUT2D eigenvalue weighted by atomic mass is 35.5. The lowest BCUT2D eigenvalue weighted by atomic mass is 9.45. The van der Waals surface area contributed by atoms with Gasteiger partial charge in [-0.05, 0) is 250 Å². The number of anilines is 3. The van der Waals surface area contributed by atoms with E-state index in [2.05, 4.69) is 168 Å². The van der Waals surface area contributed by atoms with Gasteiger partial charge in [0.1, 0.15) is 12.1 Å². The third-order valence-corrected chi connectivity index (χ3v) is 19.7. The maximum atomic E-state index is 13.9. The van der Waals surface area contributed by atoms with Gasteiger partial charge < -0.3 is 65.2 Å². The van der Waals surface area contributed by atoms with Crippen molar-refractivity contribution in [2.75, 3.05) is 104 Å².